The summed E-state index contributed by atoms with van der Waals surface area (Å²) in [4.78, 5) is 0. The molecule has 0 amide bonds. The molecule has 0 aromatic rings. The van der Waals surface area contributed by atoms with Gasteiger partial charge in [-0.3, -0.25) is 0 Å². The highest BCUT2D eigenvalue weighted by Gasteiger charge is 2.52. The normalized spacial score (nSPS) is 18.0. The van der Waals surface area contributed by atoms with E-state index in [0.717, 1.165) is 6.92 Å². The van der Waals surface area contributed by atoms with Gasteiger partial charge in [0.05, 0.1) is 0 Å². The molecule has 12 heavy (non-hydrogen) atoms. The first-order valence-corrected chi connectivity index (χ1v) is 3.25. The Hall–Kier alpha value is -0.390. The van der Waals surface area contributed by atoms with Crippen molar-refractivity contribution in [2.75, 3.05) is 0 Å². The molecule has 1 unspecified atom stereocenters. The summed E-state index contributed by atoms with van der Waals surface area (Å²) in [5.41, 5.74) is -2.75. The quantitative estimate of drug-likeness (QED) is 0.624. The van der Waals surface area contributed by atoms with Gasteiger partial charge >= 0.3 is 12.8 Å². The molecule has 0 radical (unpaired) electrons. The van der Waals surface area contributed by atoms with E-state index in [1.165, 1.54) is 0 Å². The van der Waals surface area contributed by atoms with Crippen molar-refractivity contribution in [3.05, 3.63) is 0 Å². The number of rotatable bonds is 3. The molecular weight excluding hydrogens is 183 g/mol. The first-order valence-electron chi connectivity index (χ1n) is 3.25. The summed E-state index contributed by atoms with van der Waals surface area (Å²) < 4.78 is 62.6. The van der Waals surface area contributed by atoms with Crippen molar-refractivity contribution in [2.24, 2.45) is 0 Å². The molecule has 0 heterocycles. The monoisotopic (exact) mass is 192 g/mol. The first kappa shape index (κ1) is 11.6. The average molecular weight is 192 g/mol. The molecule has 1 nitrogen and oxygen atoms in total. The summed E-state index contributed by atoms with van der Waals surface area (Å²) in [6.45, 7) is -1.67. The van der Waals surface area contributed by atoms with Crippen molar-refractivity contribution in [3.63, 3.8) is 0 Å². The number of hydrogen-bond donors (Lipinski definition) is 0. The molecule has 0 aliphatic heterocycles. The van der Waals surface area contributed by atoms with Gasteiger partial charge in [-0.15, -0.1) is 0 Å². The second-order valence-corrected chi connectivity index (χ2v) is 2.46. The van der Waals surface area contributed by atoms with Crippen LogP contribution >= 0.6 is 0 Å². The zero-order valence-corrected chi connectivity index (χ0v) is 6.58. The Bertz CT molecular complexity index is 143. The van der Waals surface area contributed by atoms with Gasteiger partial charge < -0.3 is 4.74 Å². The van der Waals surface area contributed by atoms with E-state index in [1.807, 2.05) is 0 Å². The molecule has 0 saturated carbocycles. The number of halogens is 5. The first-order chi connectivity index (χ1) is 5.23. The smallest absolute Gasteiger partial charge is 0.307 e. The van der Waals surface area contributed by atoms with Crippen LogP contribution in [0.2, 0.25) is 0 Å². The van der Waals surface area contributed by atoms with Crippen LogP contribution in [0.15, 0.2) is 0 Å². The summed E-state index contributed by atoms with van der Waals surface area (Å²) in [5.74, 6) is 0. The molecule has 0 fully saturated rings. The lowest BCUT2D eigenvalue weighted by molar-refractivity contribution is -0.321. The Kier molecular flexibility index (Phi) is 3.44. The van der Waals surface area contributed by atoms with Crippen LogP contribution in [0, 0.1) is 0 Å². The Morgan fingerprint density at radius 1 is 1.25 bits per heavy atom. The van der Waals surface area contributed by atoms with Gasteiger partial charge in [-0.2, -0.15) is 22.0 Å². The second kappa shape index (κ2) is 3.55. The Balaban J connectivity index is 4.46. The highest BCUT2D eigenvalue weighted by Crippen LogP contribution is 2.37. The highest BCUT2D eigenvalue weighted by atomic mass is 19.4. The third-order valence-corrected chi connectivity index (χ3v) is 1.62. The van der Waals surface area contributed by atoms with E-state index >= 15 is 0 Å². The fourth-order valence-electron chi connectivity index (χ4n) is 0.547. The molecule has 0 bridgehead atoms. The third-order valence-electron chi connectivity index (χ3n) is 1.62. The fourth-order valence-corrected chi connectivity index (χ4v) is 0.547. The van der Waals surface area contributed by atoms with Crippen LogP contribution in [-0.4, -0.2) is 18.4 Å². The zero-order valence-electron chi connectivity index (χ0n) is 6.58. The maximum absolute atomic E-state index is 12.0. The summed E-state index contributed by atoms with van der Waals surface area (Å²) in [6, 6.07) is 0. The van der Waals surface area contributed by atoms with Crippen molar-refractivity contribution in [1.29, 1.82) is 0 Å². The average Bonchev–Trinajstić information content (AvgIpc) is 1.83. The van der Waals surface area contributed by atoms with E-state index < -0.39 is 24.8 Å². The molecule has 0 N–H and O–H groups in total. The maximum atomic E-state index is 12.0. The van der Waals surface area contributed by atoms with Crippen LogP contribution in [-0.2, 0) is 4.74 Å². The van der Waals surface area contributed by atoms with Crippen molar-refractivity contribution >= 4 is 0 Å². The molecule has 0 spiro atoms. The largest absolute Gasteiger partial charge is 0.417 e. The van der Waals surface area contributed by atoms with Crippen LogP contribution in [0.3, 0.4) is 0 Å². The number of hydrogen-bond acceptors (Lipinski definition) is 1. The zero-order chi connectivity index (χ0) is 9.99. The van der Waals surface area contributed by atoms with Gasteiger partial charge in [0, 0.05) is 0 Å². The molecule has 0 aromatic heterocycles. The summed E-state index contributed by atoms with van der Waals surface area (Å²) >= 11 is 0. The minimum atomic E-state index is -4.77. The molecule has 6 heteroatoms. The lowest BCUT2D eigenvalue weighted by atomic mass is 10.0. The predicted molar refractivity (Wildman–Crippen MR) is 31.8 cm³/mol. The summed E-state index contributed by atoms with van der Waals surface area (Å²) in [7, 11) is 0. The van der Waals surface area contributed by atoms with E-state index in [2.05, 4.69) is 4.74 Å². The Labute approximate surface area is 66.5 Å². The number of alkyl halides is 5. The molecule has 74 valence electrons. The molecular formula is C6H9F5O. The number of ether oxygens (including phenoxy) is 1. The van der Waals surface area contributed by atoms with E-state index in [0.29, 0.717) is 6.92 Å². The summed E-state index contributed by atoms with van der Waals surface area (Å²) in [5, 5.41) is 0. The topological polar surface area (TPSA) is 9.23 Å². The van der Waals surface area contributed by atoms with Gasteiger partial charge in [-0.1, -0.05) is 6.92 Å². The lowest BCUT2D eigenvalue weighted by Gasteiger charge is -2.30. The van der Waals surface area contributed by atoms with Gasteiger partial charge in [0.25, 0.3) is 0 Å². The summed E-state index contributed by atoms with van der Waals surface area (Å²) in [6.07, 6.45) is -5.31. The standard InChI is InChI=1S/C6H9F5O/c1-3-5(2,6(9,10)11)12-4(7)8/h4H,3H2,1-2H3. The minimum Gasteiger partial charge on any atom is -0.307 e. The van der Waals surface area contributed by atoms with Gasteiger partial charge in [-0.05, 0) is 13.3 Å². The van der Waals surface area contributed by atoms with E-state index in [-0.39, 0.29) is 0 Å². The molecule has 0 aliphatic carbocycles. The minimum absolute atomic E-state index is 0.541. The fraction of sp³-hybridized carbons (Fsp3) is 1.00. The van der Waals surface area contributed by atoms with Gasteiger partial charge in [0.1, 0.15) is 0 Å². The molecule has 0 aliphatic rings. The van der Waals surface area contributed by atoms with E-state index in [9.17, 15) is 22.0 Å². The van der Waals surface area contributed by atoms with Crippen molar-refractivity contribution < 1.29 is 26.7 Å². The van der Waals surface area contributed by atoms with Gasteiger partial charge in [0.2, 0.25) is 0 Å². The molecule has 0 saturated heterocycles. The van der Waals surface area contributed by atoms with Crippen LogP contribution in [0.1, 0.15) is 20.3 Å². The van der Waals surface area contributed by atoms with Crippen LogP contribution in [0.5, 0.6) is 0 Å². The van der Waals surface area contributed by atoms with Crippen LogP contribution < -0.4 is 0 Å². The predicted octanol–water partition coefficient (Wildman–Crippen LogP) is 2.96. The highest BCUT2D eigenvalue weighted by molar-refractivity contribution is 4.81. The van der Waals surface area contributed by atoms with E-state index in [1.54, 1.807) is 0 Å². The lowest BCUT2D eigenvalue weighted by Crippen LogP contribution is -2.45. The van der Waals surface area contributed by atoms with Crippen LogP contribution in [0.4, 0.5) is 22.0 Å². The maximum Gasteiger partial charge on any atom is 0.417 e. The molecule has 0 aromatic carbocycles. The molecule has 1 atom stereocenters. The SMILES string of the molecule is CCC(C)(OC(F)F)C(F)(F)F. The van der Waals surface area contributed by atoms with Crippen molar-refractivity contribution in [3.8, 4) is 0 Å². The van der Waals surface area contributed by atoms with Gasteiger partial charge in [-0.25, -0.2) is 0 Å². The van der Waals surface area contributed by atoms with Crippen LogP contribution in [0.25, 0.3) is 0 Å². The van der Waals surface area contributed by atoms with Gasteiger partial charge in [0.15, 0.2) is 5.60 Å². The van der Waals surface area contributed by atoms with E-state index in [4.69, 9.17) is 0 Å². The third kappa shape index (κ3) is 2.58. The van der Waals surface area contributed by atoms with Crippen molar-refractivity contribution in [1.82, 2.24) is 0 Å². The second-order valence-electron chi connectivity index (χ2n) is 2.46. The Morgan fingerprint density at radius 2 is 1.67 bits per heavy atom. The Morgan fingerprint density at radius 3 is 1.75 bits per heavy atom. The molecule has 0 rings (SSSR count). The van der Waals surface area contributed by atoms with Crippen molar-refractivity contribution in [2.45, 2.75) is 38.7 Å².